The lowest BCUT2D eigenvalue weighted by atomic mass is 9.92. The van der Waals surface area contributed by atoms with E-state index < -0.39 is 11.6 Å². The molecule has 0 bridgehead atoms. The van der Waals surface area contributed by atoms with E-state index in [1.54, 1.807) is 13.8 Å². The van der Waals surface area contributed by atoms with Crippen molar-refractivity contribution in [1.29, 1.82) is 0 Å². The highest BCUT2D eigenvalue weighted by molar-refractivity contribution is 5.81. The Morgan fingerprint density at radius 2 is 2.06 bits per heavy atom. The first-order valence-electron chi connectivity index (χ1n) is 5.23. The lowest BCUT2D eigenvalue weighted by Gasteiger charge is -2.30. The fourth-order valence-electron chi connectivity index (χ4n) is 1.39. The van der Waals surface area contributed by atoms with Crippen LogP contribution in [0.15, 0.2) is 30.3 Å². The maximum Gasteiger partial charge on any atom is 0.237 e. The summed E-state index contributed by atoms with van der Waals surface area (Å²) in [6.07, 6.45) is 0. The molecule has 16 heavy (non-hydrogen) atoms. The van der Waals surface area contributed by atoms with Gasteiger partial charge in [0, 0.05) is 0 Å². The second-order valence-electron chi connectivity index (χ2n) is 4.13. The summed E-state index contributed by atoms with van der Waals surface area (Å²) in [4.78, 5) is 11.5. The summed E-state index contributed by atoms with van der Waals surface area (Å²) >= 11 is 0. The molecule has 1 aromatic rings. The third-order valence-corrected chi connectivity index (χ3v) is 2.54. The first kappa shape index (κ1) is 12.7. The molecule has 0 radical (unpaired) electrons. The summed E-state index contributed by atoms with van der Waals surface area (Å²) in [7, 11) is 0. The number of amides is 1. The normalized spacial score (nSPS) is 16.2. The molecule has 88 valence electrons. The smallest absolute Gasteiger partial charge is 0.237 e. The highest BCUT2D eigenvalue weighted by Gasteiger charge is 2.28. The van der Waals surface area contributed by atoms with Gasteiger partial charge in [0.25, 0.3) is 0 Å². The molecule has 0 aliphatic rings. The van der Waals surface area contributed by atoms with Gasteiger partial charge in [-0.3, -0.25) is 4.79 Å². The molecular weight excluding hydrogens is 204 g/mol. The van der Waals surface area contributed by atoms with Gasteiger partial charge in [0.05, 0.1) is 18.2 Å². The van der Waals surface area contributed by atoms with E-state index in [0.29, 0.717) is 0 Å². The number of rotatable bonds is 4. The number of hydrogen-bond acceptors (Lipinski definition) is 3. The van der Waals surface area contributed by atoms with E-state index in [1.807, 2.05) is 30.3 Å². The number of benzene rings is 1. The largest absolute Gasteiger partial charge is 0.394 e. The first-order chi connectivity index (χ1) is 7.49. The van der Waals surface area contributed by atoms with Crippen LogP contribution in [0.5, 0.6) is 0 Å². The molecule has 1 amide bonds. The number of aliphatic hydroxyl groups excluding tert-OH is 1. The lowest BCUT2D eigenvalue weighted by molar-refractivity contribution is -0.124. The van der Waals surface area contributed by atoms with Gasteiger partial charge in [-0.2, -0.15) is 0 Å². The van der Waals surface area contributed by atoms with Crippen molar-refractivity contribution in [3.8, 4) is 0 Å². The molecule has 0 aliphatic heterocycles. The quantitative estimate of drug-likeness (QED) is 0.688. The Bertz CT molecular complexity index is 351. The van der Waals surface area contributed by atoms with Crippen LogP contribution in [0.25, 0.3) is 0 Å². The Morgan fingerprint density at radius 1 is 1.50 bits per heavy atom. The fraction of sp³-hybridized carbons (Fsp3) is 0.417. The van der Waals surface area contributed by atoms with Crippen LogP contribution in [0.3, 0.4) is 0 Å². The molecule has 1 unspecified atom stereocenters. The molecule has 4 N–H and O–H groups in total. The number of carbonyl (C=O) groups excluding carboxylic acids is 1. The molecule has 0 saturated carbocycles. The summed E-state index contributed by atoms with van der Waals surface area (Å²) in [6.45, 7) is 3.20. The summed E-state index contributed by atoms with van der Waals surface area (Å²) in [5.74, 6) is -0.277. The van der Waals surface area contributed by atoms with Crippen LogP contribution in [-0.4, -0.2) is 23.7 Å². The number of hydrogen-bond donors (Lipinski definition) is 3. The van der Waals surface area contributed by atoms with Crippen molar-refractivity contribution in [3.63, 3.8) is 0 Å². The molecule has 0 aromatic heterocycles. The minimum atomic E-state index is -0.786. The van der Waals surface area contributed by atoms with E-state index in [-0.39, 0.29) is 12.5 Å². The maximum absolute atomic E-state index is 11.5. The molecule has 1 rings (SSSR count). The predicted octanol–water partition coefficient (Wildman–Crippen LogP) is 0.358. The number of nitrogens with one attached hydrogen (secondary N) is 1. The van der Waals surface area contributed by atoms with E-state index in [4.69, 9.17) is 5.73 Å². The van der Waals surface area contributed by atoms with E-state index in [9.17, 15) is 9.90 Å². The molecular formula is C12H18N2O2. The topological polar surface area (TPSA) is 75.4 Å². The average molecular weight is 222 g/mol. The van der Waals surface area contributed by atoms with Gasteiger partial charge >= 0.3 is 0 Å². The number of carbonyl (C=O) groups is 1. The van der Waals surface area contributed by atoms with Crippen LogP contribution in [0.2, 0.25) is 0 Å². The Morgan fingerprint density at radius 3 is 2.50 bits per heavy atom. The van der Waals surface area contributed by atoms with Crippen LogP contribution in [-0.2, 0) is 10.3 Å². The van der Waals surface area contributed by atoms with Crippen molar-refractivity contribution in [1.82, 2.24) is 5.32 Å². The van der Waals surface area contributed by atoms with E-state index in [2.05, 4.69) is 5.32 Å². The summed E-state index contributed by atoms with van der Waals surface area (Å²) < 4.78 is 0. The van der Waals surface area contributed by atoms with E-state index in [1.165, 1.54) is 0 Å². The van der Waals surface area contributed by atoms with Crippen molar-refractivity contribution in [2.45, 2.75) is 25.4 Å². The molecule has 0 spiro atoms. The Kier molecular flexibility index (Phi) is 4.04. The van der Waals surface area contributed by atoms with Crippen molar-refractivity contribution in [3.05, 3.63) is 35.9 Å². The molecule has 1 aromatic carbocycles. The maximum atomic E-state index is 11.5. The average Bonchev–Trinajstić information content (AvgIpc) is 2.29. The van der Waals surface area contributed by atoms with E-state index >= 15 is 0 Å². The van der Waals surface area contributed by atoms with Crippen molar-refractivity contribution >= 4 is 5.91 Å². The van der Waals surface area contributed by atoms with E-state index in [0.717, 1.165) is 5.56 Å². The SMILES string of the molecule is C[C@@H](N)C(=O)NC(C)(CO)c1ccccc1. The van der Waals surface area contributed by atoms with Crippen molar-refractivity contribution in [2.75, 3.05) is 6.61 Å². The van der Waals surface area contributed by atoms with Crippen molar-refractivity contribution in [2.24, 2.45) is 5.73 Å². The van der Waals surface area contributed by atoms with Crippen LogP contribution in [0, 0.1) is 0 Å². The first-order valence-corrected chi connectivity index (χ1v) is 5.23. The van der Waals surface area contributed by atoms with Gasteiger partial charge in [-0.15, -0.1) is 0 Å². The molecule has 0 aliphatic carbocycles. The van der Waals surface area contributed by atoms with Gasteiger partial charge in [-0.1, -0.05) is 30.3 Å². The highest BCUT2D eigenvalue weighted by atomic mass is 16.3. The molecule has 4 heteroatoms. The zero-order valence-corrected chi connectivity index (χ0v) is 9.60. The van der Waals surface area contributed by atoms with Crippen molar-refractivity contribution < 1.29 is 9.90 Å². The predicted molar refractivity (Wildman–Crippen MR) is 62.7 cm³/mol. The minimum absolute atomic E-state index is 0.171. The van der Waals surface area contributed by atoms with Crippen LogP contribution >= 0.6 is 0 Å². The molecule has 0 fully saturated rings. The Balaban J connectivity index is 2.90. The molecule has 0 heterocycles. The Hall–Kier alpha value is -1.39. The highest BCUT2D eigenvalue weighted by Crippen LogP contribution is 2.19. The van der Waals surface area contributed by atoms with Gasteiger partial charge in [-0.25, -0.2) is 0 Å². The van der Waals surface area contributed by atoms with Gasteiger partial charge in [0.1, 0.15) is 0 Å². The zero-order valence-electron chi connectivity index (χ0n) is 9.60. The number of nitrogens with two attached hydrogens (primary N) is 1. The van der Waals surface area contributed by atoms with Crippen LogP contribution < -0.4 is 11.1 Å². The zero-order chi connectivity index (χ0) is 12.2. The second kappa shape index (κ2) is 5.09. The molecule has 0 saturated heterocycles. The third kappa shape index (κ3) is 2.81. The van der Waals surface area contributed by atoms with Gasteiger partial charge in [0.2, 0.25) is 5.91 Å². The monoisotopic (exact) mass is 222 g/mol. The second-order valence-corrected chi connectivity index (χ2v) is 4.13. The lowest BCUT2D eigenvalue weighted by Crippen LogP contribution is -2.51. The summed E-state index contributed by atoms with van der Waals surface area (Å²) in [5.41, 5.74) is 5.55. The fourth-order valence-corrected chi connectivity index (χ4v) is 1.39. The molecule has 2 atom stereocenters. The molecule has 4 nitrogen and oxygen atoms in total. The van der Waals surface area contributed by atoms with Crippen LogP contribution in [0.4, 0.5) is 0 Å². The minimum Gasteiger partial charge on any atom is -0.394 e. The van der Waals surface area contributed by atoms with Crippen LogP contribution in [0.1, 0.15) is 19.4 Å². The number of aliphatic hydroxyl groups is 1. The Labute approximate surface area is 95.5 Å². The third-order valence-electron chi connectivity index (χ3n) is 2.54. The van der Waals surface area contributed by atoms with Gasteiger partial charge in [-0.05, 0) is 19.4 Å². The van der Waals surface area contributed by atoms with Gasteiger partial charge in [0.15, 0.2) is 0 Å². The summed E-state index contributed by atoms with van der Waals surface area (Å²) in [5, 5.41) is 12.2. The standard InChI is InChI=1S/C12H18N2O2/c1-9(13)11(16)14-12(2,8-15)10-6-4-3-5-7-10/h3-7,9,15H,8,13H2,1-2H3,(H,14,16)/t9-,12?/m1/s1. The summed E-state index contributed by atoms with van der Waals surface area (Å²) in [6, 6.07) is 8.74. The van der Waals surface area contributed by atoms with Gasteiger partial charge < -0.3 is 16.2 Å².